The minimum absolute atomic E-state index is 0.161. The summed E-state index contributed by atoms with van der Waals surface area (Å²) < 4.78 is 28.3. The normalized spacial score (nSPS) is 16.0. The molecule has 1 atom stereocenters. The van der Waals surface area contributed by atoms with Crippen LogP contribution in [0.1, 0.15) is 50.7 Å². The molecule has 4 rings (SSSR count). The van der Waals surface area contributed by atoms with Crippen molar-refractivity contribution >= 4 is 32.6 Å². The minimum Gasteiger partial charge on any atom is -0.351 e. The van der Waals surface area contributed by atoms with Gasteiger partial charge in [-0.3, -0.25) is 9.59 Å². The summed E-state index contributed by atoms with van der Waals surface area (Å²) in [6.07, 6.45) is 1.40. The first kappa shape index (κ1) is 26.8. The zero-order chi connectivity index (χ0) is 26.6. The Morgan fingerprint density at radius 1 is 0.946 bits per heavy atom. The Labute approximate surface area is 219 Å². The average molecular weight is 522 g/mol. The van der Waals surface area contributed by atoms with Gasteiger partial charge in [-0.1, -0.05) is 74.5 Å². The Hall–Kier alpha value is -3.23. The summed E-state index contributed by atoms with van der Waals surface area (Å²) in [4.78, 5) is 25.2. The molecule has 0 aromatic heterocycles. The Morgan fingerprint density at radius 3 is 2.24 bits per heavy atom. The number of hydrogen-bond acceptors (Lipinski definition) is 4. The van der Waals surface area contributed by atoms with Gasteiger partial charge in [-0.05, 0) is 41.3 Å². The van der Waals surface area contributed by atoms with Crippen LogP contribution in [0.5, 0.6) is 0 Å². The number of carbonyl (C=O) groups is 2. The molecular formula is C29H35N3O4S. The topological polar surface area (TPSA) is 95.6 Å². The van der Waals surface area contributed by atoms with Gasteiger partial charge in [-0.2, -0.15) is 4.31 Å². The lowest BCUT2D eigenvalue weighted by atomic mass is 9.98. The third-order valence-electron chi connectivity index (χ3n) is 6.95. The van der Waals surface area contributed by atoms with Gasteiger partial charge >= 0.3 is 0 Å². The van der Waals surface area contributed by atoms with Crippen LogP contribution in [0.15, 0.2) is 71.6 Å². The van der Waals surface area contributed by atoms with E-state index in [1.165, 1.54) is 16.8 Å². The predicted octanol–water partition coefficient (Wildman–Crippen LogP) is 3.98. The van der Waals surface area contributed by atoms with Crippen LogP contribution >= 0.6 is 0 Å². The predicted molar refractivity (Wildman–Crippen MR) is 146 cm³/mol. The Kier molecular flexibility index (Phi) is 8.29. The molecule has 2 N–H and O–H groups in total. The van der Waals surface area contributed by atoms with E-state index in [0.29, 0.717) is 48.6 Å². The summed E-state index contributed by atoms with van der Waals surface area (Å²) in [5.74, 6) is -0.104. The number of piperidine rings is 1. The van der Waals surface area contributed by atoms with Gasteiger partial charge in [0, 0.05) is 37.9 Å². The van der Waals surface area contributed by atoms with Crippen molar-refractivity contribution in [3.05, 3.63) is 77.9 Å². The molecule has 7 nitrogen and oxygen atoms in total. The fourth-order valence-electron chi connectivity index (χ4n) is 4.83. The summed E-state index contributed by atoms with van der Waals surface area (Å²) >= 11 is 0. The number of nitrogens with one attached hydrogen (secondary N) is 2. The van der Waals surface area contributed by atoms with Gasteiger partial charge in [-0.25, -0.2) is 8.42 Å². The summed E-state index contributed by atoms with van der Waals surface area (Å²) in [6.45, 7) is 6.29. The van der Waals surface area contributed by atoms with Crippen molar-refractivity contribution in [2.75, 3.05) is 13.1 Å². The molecule has 1 fully saturated rings. The summed E-state index contributed by atoms with van der Waals surface area (Å²) in [7, 11) is -3.66. The molecule has 2 amide bonds. The van der Waals surface area contributed by atoms with Gasteiger partial charge in [0.05, 0.1) is 4.90 Å². The number of benzene rings is 3. The van der Waals surface area contributed by atoms with Crippen molar-refractivity contribution in [3.63, 3.8) is 0 Å². The standard InChI is InChI=1S/C29H35N3O4S/c1-20(2)23-13-11-22(12-14-23)19-27(30-21(3)33)29(34)31-25-15-17-32(18-16-25)37(35,36)28-10-6-8-24-7-4-5-9-26(24)28/h4-14,20,25,27H,15-19H2,1-3H3,(H,30,33)(H,31,34)/t27-/m0/s1. The highest BCUT2D eigenvalue weighted by Gasteiger charge is 2.32. The highest BCUT2D eigenvalue weighted by molar-refractivity contribution is 7.89. The molecule has 1 heterocycles. The SMILES string of the molecule is CC(=O)N[C@@H](Cc1ccc(C(C)C)cc1)C(=O)NC1CCN(S(=O)(=O)c2cccc3ccccc23)CC1. The molecular weight excluding hydrogens is 486 g/mol. The fraction of sp³-hybridized carbons (Fsp3) is 0.379. The van der Waals surface area contributed by atoms with E-state index in [2.05, 4.69) is 36.6 Å². The number of amides is 2. The van der Waals surface area contributed by atoms with E-state index in [-0.39, 0.29) is 17.9 Å². The van der Waals surface area contributed by atoms with Crippen molar-refractivity contribution in [1.29, 1.82) is 0 Å². The van der Waals surface area contributed by atoms with Crippen LogP contribution < -0.4 is 10.6 Å². The first-order chi connectivity index (χ1) is 17.6. The Balaban J connectivity index is 1.39. The van der Waals surface area contributed by atoms with E-state index >= 15 is 0 Å². The van der Waals surface area contributed by atoms with E-state index in [1.807, 2.05) is 42.5 Å². The van der Waals surface area contributed by atoms with E-state index in [4.69, 9.17) is 0 Å². The van der Waals surface area contributed by atoms with Gasteiger partial charge in [-0.15, -0.1) is 0 Å². The zero-order valence-electron chi connectivity index (χ0n) is 21.6. The first-order valence-corrected chi connectivity index (χ1v) is 14.2. The molecule has 0 aliphatic carbocycles. The van der Waals surface area contributed by atoms with Gasteiger partial charge in [0.1, 0.15) is 6.04 Å². The number of hydrogen-bond donors (Lipinski definition) is 2. The van der Waals surface area contributed by atoms with Crippen LogP contribution in [-0.4, -0.2) is 49.7 Å². The lowest BCUT2D eigenvalue weighted by Gasteiger charge is -2.32. The number of carbonyl (C=O) groups excluding carboxylic acids is 2. The molecule has 1 aliphatic rings. The lowest BCUT2D eigenvalue weighted by Crippen LogP contribution is -2.53. The molecule has 0 bridgehead atoms. The second kappa shape index (κ2) is 11.4. The average Bonchev–Trinajstić information content (AvgIpc) is 2.88. The van der Waals surface area contributed by atoms with Crippen LogP contribution in [-0.2, 0) is 26.0 Å². The van der Waals surface area contributed by atoms with Crippen molar-refractivity contribution in [3.8, 4) is 0 Å². The number of fused-ring (bicyclic) bond motifs is 1. The number of sulfonamides is 1. The second-order valence-corrected chi connectivity index (χ2v) is 11.9. The molecule has 196 valence electrons. The van der Waals surface area contributed by atoms with E-state index < -0.39 is 16.1 Å². The quantitative estimate of drug-likeness (QED) is 0.469. The summed E-state index contributed by atoms with van der Waals surface area (Å²) in [6, 6.07) is 20.0. The third kappa shape index (κ3) is 6.37. The molecule has 0 unspecified atom stereocenters. The second-order valence-electron chi connectivity index (χ2n) is 10.0. The van der Waals surface area contributed by atoms with Gasteiger partial charge in [0.15, 0.2) is 0 Å². The molecule has 1 aliphatic heterocycles. The van der Waals surface area contributed by atoms with Crippen molar-refractivity contribution < 1.29 is 18.0 Å². The van der Waals surface area contributed by atoms with Crippen LogP contribution in [0.4, 0.5) is 0 Å². The fourth-order valence-corrected chi connectivity index (χ4v) is 6.51. The Bertz CT molecular complexity index is 1360. The van der Waals surface area contributed by atoms with Gasteiger partial charge < -0.3 is 10.6 Å². The first-order valence-electron chi connectivity index (χ1n) is 12.8. The van der Waals surface area contributed by atoms with Gasteiger partial charge in [0.25, 0.3) is 0 Å². The maximum atomic E-state index is 13.4. The lowest BCUT2D eigenvalue weighted by molar-refractivity contribution is -0.128. The van der Waals surface area contributed by atoms with E-state index in [1.54, 1.807) is 12.1 Å². The molecule has 0 spiro atoms. The summed E-state index contributed by atoms with van der Waals surface area (Å²) in [5, 5.41) is 7.40. The highest BCUT2D eigenvalue weighted by Crippen LogP contribution is 2.27. The van der Waals surface area contributed by atoms with E-state index in [0.717, 1.165) is 10.9 Å². The maximum Gasteiger partial charge on any atom is 0.243 e. The number of nitrogens with zero attached hydrogens (tertiary/aromatic N) is 1. The summed E-state index contributed by atoms with van der Waals surface area (Å²) in [5.41, 5.74) is 2.18. The van der Waals surface area contributed by atoms with Crippen LogP contribution in [0.25, 0.3) is 10.8 Å². The van der Waals surface area contributed by atoms with Crippen LogP contribution in [0.3, 0.4) is 0 Å². The highest BCUT2D eigenvalue weighted by atomic mass is 32.2. The van der Waals surface area contributed by atoms with Crippen molar-refractivity contribution in [2.24, 2.45) is 0 Å². The monoisotopic (exact) mass is 521 g/mol. The molecule has 3 aromatic rings. The smallest absolute Gasteiger partial charge is 0.243 e. The van der Waals surface area contributed by atoms with Crippen LogP contribution in [0.2, 0.25) is 0 Å². The minimum atomic E-state index is -3.66. The third-order valence-corrected chi connectivity index (χ3v) is 8.90. The molecule has 37 heavy (non-hydrogen) atoms. The van der Waals surface area contributed by atoms with Crippen LogP contribution in [0, 0.1) is 0 Å². The maximum absolute atomic E-state index is 13.4. The molecule has 3 aromatic carbocycles. The number of rotatable bonds is 8. The molecule has 0 saturated carbocycles. The largest absolute Gasteiger partial charge is 0.351 e. The van der Waals surface area contributed by atoms with Crippen molar-refractivity contribution in [1.82, 2.24) is 14.9 Å². The van der Waals surface area contributed by atoms with Gasteiger partial charge in [0.2, 0.25) is 21.8 Å². The molecule has 1 saturated heterocycles. The van der Waals surface area contributed by atoms with E-state index in [9.17, 15) is 18.0 Å². The zero-order valence-corrected chi connectivity index (χ0v) is 22.4. The molecule has 0 radical (unpaired) electrons. The Morgan fingerprint density at radius 2 is 1.59 bits per heavy atom. The van der Waals surface area contributed by atoms with Crippen molar-refractivity contribution in [2.45, 2.75) is 62.9 Å². The molecule has 8 heteroatoms.